The molecule has 0 aliphatic heterocycles. The highest BCUT2D eigenvalue weighted by Gasteiger charge is 2.25. The molecule has 0 heterocycles. The number of carbonyl (C=O) groups excluding carboxylic acids is 2. The summed E-state index contributed by atoms with van der Waals surface area (Å²) in [6, 6.07) is 7.46. The van der Waals surface area contributed by atoms with Crippen molar-refractivity contribution in [3.05, 3.63) is 52.0 Å². The topological polar surface area (TPSA) is 119 Å². The summed E-state index contributed by atoms with van der Waals surface area (Å²) < 4.78 is 37.3. The van der Waals surface area contributed by atoms with E-state index in [1.54, 1.807) is 0 Å². The van der Waals surface area contributed by atoms with Crippen LogP contribution in [0.25, 0.3) is 0 Å². The smallest absolute Gasteiger partial charge is 0.339 e. The minimum Gasteiger partial charge on any atom is -0.507 e. The first-order valence-corrected chi connectivity index (χ1v) is 9.29. The van der Waals surface area contributed by atoms with Gasteiger partial charge in [-0.05, 0) is 46.3 Å². The van der Waals surface area contributed by atoms with Crippen molar-refractivity contribution in [2.75, 3.05) is 18.9 Å². The molecule has 0 amide bonds. The van der Waals surface area contributed by atoms with Crippen molar-refractivity contribution in [1.82, 2.24) is 0 Å². The number of sulfonamides is 1. The second-order valence-electron chi connectivity index (χ2n) is 4.97. The zero-order valence-electron chi connectivity index (χ0n) is 13.6. The van der Waals surface area contributed by atoms with Gasteiger partial charge in [-0.15, -0.1) is 0 Å². The quantitative estimate of drug-likeness (QED) is 0.681. The van der Waals surface area contributed by atoms with Crippen molar-refractivity contribution in [3.8, 4) is 5.75 Å². The Hall–Kier alpha value is -2.59. The van der Waals surface area contributed by atoms with Gasteiger partial charge in [-0.2, -0.15) is 0 Å². The Morgan fingerprint density at radius 1 is 1.04 bits per heavy atom. The van der Waals surface area contributed by atoms with Crippen LogP contribution in [0.4, 0.5) is 5.69 Å². The number of hydrogen-bond donors (Lipinski definition) is 2. The molecule has 2 aromatic rings. The fourth-order valence-electron chi connectivity index (χ4n) is 2.05. The Morgan fingerprint density at radius 3 is 2.27 bits per heavy atom. The van der Waals surface area contributed by atoms with Gasteiger partial charge in [0.2, 0.25) is 0 Å². The van der Waals surface area contributed by atoms with Gasteiger partial charge in [-0.25, -0.2) is 18.0 Å². The van der Waals surface area contributed by atoms with E-state index in [1.807, 2.05) is 0 Å². The van der Waals surface area contributed by atoms with Crippen LogP contribution in [0.3, 0.4) is 0 Å². The highest BCUT2D eigenvalue weighted by Crippen LogP contribution is 2.29. The van der Waals surface area contributed by atoms with Crippen molar-refractivity contribution < 1.29 is 32.6 Å². The predicted octanol–water partition coefficient (Wildman–Crippen LogP) is 2.53. The lowest BCUT2D eigenvalue weighted by molar-refractivity contribution is 0.0583. The van der Waals surface area contributed by atoms with E-state index >= 15 is 0 Å². The average Bonchev–Trinajstić information content (AvgIpc) is 2.62. The SMILES string of the molecule is COC(=O)c1ccc(C(=O)OC)c(S(=O)(=O)Nc2ccc(Br)c(O)c2)c1. The fourth-order valence-corrected chi connectivity index (χ4v) is 3.57. The van der Waals surface area contributed by atoms with Crippen LogP contribution in [0.15, 0.2) is 45.8 Å². The first-order valence-electron chi connectivity index (χ1n) is 7.01. The maximum absolute atomic E-state index is 12.7. The summed E-state index contributed by atoms with van der Waals surface area (Å²) in [6.45, 7) is 0. The number of phenols is 1. The number of phenolic OH excluding ortho intramolecular Hbond substituents is 1. The van der Waals surface area contributed by atoms with Gasteiger partial charge in [0.25, 0.3) is 10.0 Å². The average molecular weight is 444 g/mol. The molecule has 0 fully saturated rings. The van der Waals surface area contributed by atoms with Crippen LogP contribution in [0, 0.1) is 0 Å². The normalized spacial score (nSPS) is 10.9. The van der Waals surface area contributed by atoms with Crippen molar-refractivity contribution in [1.29, 1.82) is 0 Å². The molecule has 10 heteroatoms. The number of ether oxygens (including phenoxy) is 2. The van der Waals surface area contributed by atoms with Gasteiger partial charge in [0.15, 0.2) is 0 Å². The molecule has 0 aliphatic rings. The van der Waals surface area contributed by atoms with E-state index in [9.17, 15) is 23.1 Å². The molecule has 8 nitrogen and oxygen atoms in total. The molecule has 0 saturated carbocycles. The standard InChI is InChI=1S/C16H14BrNO7S/c1-24-15(20)9-3-5-11(16(21)25-2)14(7-9)26(22,23)18-10-4-6-12(17)13(19)8-10/h3-8,18-19H,1-2H3. The number of anilines is 1. The number of rotatable bonds is 5. The molecule has 0 unspecified atom stereocenters. The molecule has 0 aromatic heterocycles. The van der Waals surface area contributed by atoms with Crippen molar-refractivity contribution in [2.45, 2.75) is 4.90 Å². The number of halogens is 1. The maximum Gasteiger partial charge on any atom is 0.339 e. The van der Waals surface area contributed by atoms with Crippen LogP contribution in [-0.2, 0) is 19.5 Å². The minimum absolute atomic E-state index is 0.0563. The Morgan fingerprint density at radius 2 is 1.69 bits per heavy atom. The van der Waals surface area contributed by atoms with Crippen molar-refractivity contribution in [3.63, 3.8) is 0 Å². The van der Waals surface area contributed by atoms with Gasteiger partial charge in [0.1, 0.15) is 10.6 Å². The van der Waals surface area contributed by atoms with E-state index in [1.165, 1.54) is 24.3 Å². The maximum atomic E-state index is 12.7. The molecule has 2 aromatic carbocycles. The monoisotopic (exact) mass is 443 g/mol. The highest BCUT2D eigenvalue weighted by molar-refractivity contribution is 9.10. The van der Waals surface area contributed by atoms with E-state index < -0.39 is 26.9 Å². The van der Waals surface area contributed by atoms with Crippen LogP contribution in [0.5, 0.6) is 5.75 Å². The number of nitrogens with one attached hydrogen (secondary N) is 1. The van der Waals surface area contributed by atoms with Gasteiger partial charge < -0.3 is 14.6 Å². The van der Waals surface area contributed by atoms with Crippen molar-refractivity contribution in [2.24, 2.45) is 0 Å². The van der Waals surface area contributed by atoms with E-state index in [0.29, 0.717) is 4.47 Å². The van der Waals surface area contributed by atoms with Crippen LogP contribution >= 0.6 is 15.9 Å². The zero-order valence-corrected chi connectivity index (χ0v) is 16.0. The summed E-state index contributed by atoms with van der Waals surface area (Å²) in [5, 5.41) is 9.68. The minimum atomic E-state index is -4.28. The van der Waals surface area contributed by atoms with E-state index in [0.717, 1.165) is 26.4 Å². The molecule has 26 heavy (non-hydrogen) atoms. The van der Waals surface area contributed by atoms with Crippen LogP contribution < -0.4 is 4.72 Å². The third-order valence-corrected chi connectivity index (χ3v) is 5.39. The molecule has 0 spiro atoms. The van der Waals surface area contributed by atoms with Crippen LogP contribution in [0.1, 0.15) is 20.7 Å². The summed E-state index contributed by atoms with van der Waals surface area (Å²) in [5.74, 6) is -1.83. The van der Waals surface area contributed by atoms with Gasteiger partial charge in [-0.1, -0.05) is 0 Å². The molecule has 0 aliphatic carbocycles. The van der Waals surface area contributed by atoms with E-state index in [4.69, 9.17) is 0 Å². The van der Waals surface area contributed by atoms with Gasteiger partial charge in [-0.3, -0.25) is 4.72 Å². The molecular weight excluding hydrogens is 430 g/mol. The second-order valence-corrected chi connectivity index (χ2v) is 7.47. The van der Waals surface area contributed by atoms with Crippen molar-refractivity contribution >= 4 is 43.6 Å². The van der Waals surface area contributed by atoms with E-state index in [2.05, 4.69) is 30.1 Å². The number of benzene rings is 2. The number of hydrogen-bond acceptors (Lipinski definition) is 7. The second kappa shape index (κ2) is 7.75. The summed E-state index contributed by atoms with van der Waals surface area (Å²) in [5.41, 5.74) is -0.252. The van der Waals surface area contributed by atoms with Gasteiger partial charge >= 0.3 is 11.9 Å². The molecule has 0 bridgehead atoms. The molecular formula is C16H14BrNO7S. The number of esters is 2. The molecule has 0 saturated heterocycles. The first-order chi connectivity index (χ1) is 12.2. The Kier molecular flexibility index (Phi) is 5.88. The van der Waals surface area contributed by atoms with Crippen LogP contribution in [-0.4, -0.2) is 39.7 Å². The van der Waals surface area contributed by atoms with Gasteiger partial charge in [0.05, 0.1) is 35.5 Å². The molecule has 0 radical (unpaired) electrons. The largest absolute Gasteiger partial charge is 0.507 e. The summed E-state index contributed by atoms with van der Waals surface area (Å²) in [4.78, 5) is 23.1. The Balaban J connectivity index is 2.56. The van der Waals surface area contributed by atoms with Gasteiger partial charge in [0, 0.05) is 6.07 Å². The van der Waals surface area contributed by atoms with Crippen LogP contribution in [0.2, 0.25) is 0 Å². The first kappa shape index (κ1) is 19.7. The number of aromatic hydroxyl groups is 1. The Labute approximate surface area is 157 Å². The third-order valence-electron chi connectivity index (χ3n) is 3.30. The lowest BCUT2D eigenvalue weighted by atomic mass is 10.1. The number of carbonyl (C=O) groups is 2. The summed E-state index contributed by atoms with van der Waals surface area (Å²) in [6.07, 6.45) is 0. The molecule has 2 N–H and O–H groups in total. The zero-order chi connectivity index (χ0) is 19.5. The molecule has 138 valence electrons. The molecule has 2 rings (SSSR count). The fraction of sp³-hybridized carbons (Fsp3) is 0.125. The Bertz CT molecular complexity index is 973. The highest BCUT2D eigenvalue weighted by atomic mass is 79.9. The lowest BCUT2D eigenvalue weighted by Crippen LogP contribution is -2.18. The summed E-state index contributed by atoms with van der Waals surface area (Å²) in [7, 11) is -2.03. The summed E-state index contributed by atoms with van der Waals surface area (Å²) >= 11 is 3.09. The molecule has 0 atom stereocenters. The number of methoxy groups -OCH3 is 2. The lowest BCUT2D eigenvalue weighted by Gasteiger charge is -2.13. The van der Waals surface area contributed by atoms with E-state index in [-0.39, 0.29) is 22.6 Å². The third kappa shape index (κ3) is 4.14. The predicted molar refractivity (Wildman–Crippen MR) is 95.7 cm³/mol.